The lowest BCUT2D eigenvalue weighted by atomic mass is 10.1. The maximum atomic E-state index is 12.6. The molecular formula is C19H20N2O2. The third-order valence-electron chi connectivity index (χ3n) is 3.11. The predicted molar refractivity (Wildman–Crippen MR) is 90.0 cm³/mol. The first-order valence-corrected chi connectivity index (χ1v) is 7.44. The first-order chi connectivity index (χ1) is 10.9. The number of anilines is 1. The largest absolute Gasteiger partial charge is 0.443 e. The number of ether oxygens (including phenoxy) is 1. The Hall–Kier alpha value is -2.80. The van der Waals surface area contributed by atoms with E-state index in [2.05, 4.69) is 6.07 Å². The molecular weight excluding hydrogens is 288 g/mol. The Bertz CT molecular complexity index is 712. The maximum Gasteiger partial charge on any atom is 0.415 e. The number of carbonyl (C=O) groups excluding carboxylic acids is 1. The summed E-state index contributed by atoms with van der Waals surface area (Å²) in [4.78, 5) is 14.1. The van der Waals surface area contributed by atoms with Gasteiger partial charge in [0.15, 0.2) is 0 Å². The maximum absolute atomic E-state index is 12.6. The van der Waals surface area contributed by atoms with Gasteiger partial charge in [0.2, 0.25) is 0 Å². The monoisotopic (exact) mass is 308 g/mol. The first-order valence-electron chi connectivity index (χ1n) is 7.44. The SMILES string of the molecule is CC(C)(C)OC(=O)N(Cc1ccccc1)c1ccccc1C#N. The predicted octanol–water partition coefficient (Wildman–Crippen LogP) is 4.50. The molecule has 1 amide bonds. The zero-order chi connectivity index (χ0) is 16.9. The summed E-state index contributed by atoms with van der Waals surface area (Å²) in [5, 5.41) is 9.32. The van der Waals surface area contributed by atoms with E-state index in [9.17, 15) is 10.1 Å². The molecule has 4 heteroatoms. The quantitative estimate of drug-likeness (QED) is 0.839. The second-order valence-corrected chi connectivity index (χ2v) is 6.18. The van der Waals surface area contributed by atoms with E-state index in [1.165, 1.54) is 4.90 Å². The summed E-state index contributed by atoms with van der Waals surface area (Å²) in [5.41, 5.74) is 1.35. The van der Waals surface area contributed by atoms with E-state index in [1.807, 2.05) is 51.1 Å². The van der Waals surface area contributed by atoms with Gasteiger partial charge in [-0.15, -0.1) is 0 Å². The smallest absolute Gasteiger partial charge is 0.415 e. The van der Waals surface area contributed by atoms with Crippen LogP contribution >= 0.6 is 0 Å². The van der Waals surface area contributed by atoms with E-state index in [0.29, 0.717) is 17.8 Å². The molecule has 0 saturated carbocycles. The minimum Gasteiger partial charge on any atom is -0.443 e. The molecule has 0 saturated heterocycles. The van der Waals surface area contributed by atoms with Crippen molar-refractivity contribution in [3.05, 3.63) is 65.7 Å². The summed E-state index contributed by atoms with van der Waals surface area (Å²) in [6.07, 6.45) is -0.468. The Labute approximate surface area is 136 Å². The normalized spacial score (nSPS) is 10.7. The van der Waals surface area contributed by atoms with Crippen LogP contribution < -0.4 is 4.90 Å². The number of hydrogen-bond donors (Lipinski definition) is 0. The Kier molecular flexibility index (Phi) is 5.02. The van der Waals surface area contributed by atoms with Gasteiger partial charge in [-0.1, -0.05) is 42.5 Å². The Morgan fingerprint density at radius 3 is 2.30 bits per heavy atom. The molecule has 23 heavy (non-hydrogen) atoms. The van der Waals surface area contributed by atoms with Gasteiger partial charge in [-0.2, -0.15) is 5.26 Å². The highest BCUT2D eigenvalue weighted by molar-refractivity contribution is 5.89. The summed E-state index contributed by atoms with van der Waals surface area (Å²) in [5.74, 6) is 0. The average Bonchev–Trinajstić information content (AvgIpc) is 2.52. The van der Waals surface area contributed by atoms with Crippen LogP contribution in [-0.4, -0.2) is 11.7 Å². The van der Waals surface area contributed by atoms with Gasteiger partial charge in [-0.3, -0.25) is 4.90 Å². The van der Waals surface area contributed by atoms with Crippen molar-refractivity contribution in [3.63, 3.8) is 0 Å². The molecule has 0 fully saturated rings. The van der Waals surface area contributed by atoms with Crippen LogP contribution in [0.15, 0.2) is 54.6 Å². The summed E-state index contributed by atoms with van der Waals surface area (Å²) in [6.45, 7) is 5.81. The van der Waals surface area contributed by atoms with Crippen molar-refractivity contribution >= 4 is 11.8 Å². The molecule has 0 aliphatic carbocycles. The van der Waals surface area contributed by atoms with Crippen LogP contribution in [0.3, 0.4) is 0 Å². The van der Waals surface area contributed by atoms with Crippen molar-refractivity contribution in [1.29, 1.82) is 5.26 Å². The van der Waals surface area contributed by atoms with Gasteiger partial charge in [-0.05, 0) is 38.5 Å². The number of amides is 1. The van der Waals surface area contributed by atoms with E-state index >= 15 is 0 Å². The third kappa shape index (κ3) is 4.58. The lowest BCUT2D eigenvalue weighted by Crippen LogP contribution is -2.36. The number of para-hydroxylation sites is 1. The molecule has 2 rings (SSSR count). The fraction of sp³-hybridized carbons (Fsp3) is 0.263. The lowest BCUT2D eigenvalue weighted by Gasteiger charge is -2.28. The minimum absolute atomic E-state index is 0.342. The van der Waals surface area contributed by atoms with Gasteiger partial charge < -0.3 is 4.74 Å². The zero-order valence-corrected chi connectivity index (χ0v) is 13.6. The molecule has 2 aromatic carbocycles. The number of rotatable bonds is 3. The van der Waals surface area contributed by atoms with Crippen molar-refractivity contribution < 1.29 is 9.53 Å². The van der Waals surface area contributed by atoms with Gasteiger partial charge in [-0.25, -0.2) is 4.79 Å². The highest BCUT2D eigenvalue weighted by Crippen LogP contribution is 2.24. The molecule has 0 radical (unpaired) electrons. The van der Waals surface area contributed by atoms with Crippen molar-refractivity contribution in [1.82, 2.24) is 0 Å². The Morgan fingerprint density at radius 1 is 1.09 bits per heavy atom. The van der Waals surface area contributed by atoms with E-state index in [4.69, 9.17) is 4.74 Å². The molecule has 0 aliphatic heterocycles. The van der Waals surface area contributed by atoms with E-state index in [-0.39, 0.29) is 0 Å². The summed E-state index contributed by atoms with van der Waals surface area (Å²) < 4.78 is 5.50. The second-order valence-electron chi connectivity index (χ2n) is 6.18. The Balaban J connectivity index is 2.39. The number of nitriles is 1. The molecule has 0 aliphatic rings. The summed E-state index contributed by atoms with van der Waals surface area (Å²) in [6, 6.07) is 18.8. The standard InChI is InChI=1S/C19H20N2O2/c1-19(2,3)23-18(22)21(14-15-9-5-4-6-10-15)17-12-8-7-11-16(17)13-20/h4-12H,14H2,1-3H3. The average molecular weight is 308 g/mol. The van der Waals surface area contributed by atoms with Gasteiger partial charge in [0.25, 0.3) is 0 Å². The number of benzene rings is 2. The van der Waals surface area contributed by atoms with Gasteiger partial charge >= 0.3 is 6.09 Å². The highest BCUT2D eigenvalue weighted by Gasteiger charge is 2.25. The van der Waals surface area contributed by atoms with Crippen LogP contribution in [0.1, 0.15) is 31.9 Å². The number of hydrogen-bond acceptors (Lipinski definition) is 3. The zero-order valence-electron chi connectivity index (χ0n) is 13.6. The molecule has 0 unspecified atom stereocenters. The highest BCUT2D eigenvalue weighted by atomic mass is 16.6. The molecule has 0 heterocycles. The van der Waals surface area contributed by atoms with Crippen molar-refractivity contribution in [3.8, 4) is 6.07 Å². The molecule has 0 spiro atoms. The van der Waals surface area contributed by atoms with E-state index in [1.54, 1.807) is 24.3 Å². The fourth-order valence-corrected chi connectivity index (χ4v) is 2.13. The van der Waals surface area contributed by atoms with Crippen LogP contribution in [0.4, 0.5) is 10.5 Å². The van der Waals surface area contributed by atoms with Gasteiger partial charge in [0.1, 0.15) is 11.7 Å². The number of nitrogens with zero attached hydrogens (tertiary/aromatic N) is 2. The van der Waals surface area contributed by atoms with Crippen molar-refractivity contribution in [2.75, 3.05) is 4.90 Å². The molecule has 2 aromatic rings. The minimum atomic E-state index is -0.604. The molecule has 118 valence electrons. The van der Waals surface area contributed by atoms with Crippen LogP contribution in [0.2, 0.25) is 0 Å². The van der Waals surface area contributed by atoms with Gasteiger partial charge in [0, 0.05) is 0 Å². The van der Waals surface area contributed by atoms with Crippen LogP contribution in [0.25, 0.3) is 0 Å². The molecule has 0 aromatic heterocycles. The second kappa shape index (κ2) is 6.97. The van der Waals surface area contributed by atoms with E-state index < -0.39 is 11.7 Å². The fourth-order valence-electron chi connectivity index (χ4n) is 2.13. The summed E-state index contributed by atoms with van der Waals surface area (Å²) >= 11 is 0. The molecule has 0 bridgehead atoms. The first kappa shape index (κ1) is 16.6. The molecule has 0 atom stereocenters. The van der Waals surface area contributed by atoms with Crippen LogP contribution in [0, 0.1) is 11.3 Å². The molecule has 0 N–H and O–H groups in total. The number of carbonyl (C=O) groups is 1. The van der Waals surface area contributed by atoms with E-state index in [0.717, 1.165) is 5.56 Å². The topological polar surface area (TPSA) is 53.3 Å². The van der Waals surface area contributed by atoms with Crippen LogP contribution in [0.5, 0.6) is 0 Å². The van der Waals surface area contributed by atoms with Gasteiger partial charge in [0.05, 0.1) is 17.8 Å². The Morgan fingerprint density at radius 2 is 1.70 bits per heavy atom. The third-order valence-corrected chi connectivity index (χ3v) is 3.11. The van der Waals surface area contributed by atoms with Crippen molar-refractivity contribution in [2.45, 2.75) is 32.9 Å². The summed E-state index contributed by atoms with van der Waals surface area (Å²) in [7, 11) is 0. The van der Waals surface area contributed by atoms with Crippen molar-refractivity contribution in [2.24, 2.45) is 0 Å². The molecule has 4 nitrogen and oxygen atoms in total. The van der Waals surface area contributed by atoms with Crippen LogP contribution in [-0.2, 0) is 11.3 Å². The lowest BCUT2D eigenvalue weighted by molar-refractivity contribution is 0.0577.